The molecule has 0 heterocycles. The topological polar surface area (TPSA) is 0 Å². The molecule has 0 bridgehead atoms. The highest BCUT2D eigenvalue weighted by Gasteiger charge is 2.31. The number of hydrogen-bond acceptors (Lipinski definition) is 0. The maximum atomic E-state index is 2.30. The lowest BCUT2D eigenvalue weighted by Gasteiger charge is -2.17. The van der Waals surface area contributed by atoms with Crippen LogP contribution in [0, 0.1) is 0 Å². The van der Waals surface area contributed by atoms with E-state index in [1.54, 1.807) is 0 Å². The smallest absolute Gasteiger partial charge is 0.0358 e. The van der Waals surface area contributed by atoms with Gasteiger partial charge in [0.05, 0.1) is 0 Å². The van der Waals surface area contributed by atoms with Crippen molar-refractivity contribution >= 4 is 6.08 Å². The van der Waals surface area contributed by atoms with E-state index in [2.05, 4.69) is 78.9 Å². The lowest BCUT2D eigenvalue weighted by molar-refractivity contribution is 1.01. The average molecular weight is 280 g/mol. The summed E-state index contributed by atoms with van der Waals surface area (Å²) in [6.45, 7) is 0. The van der Waals surface area contributed by atoms with Gasteiger partial charge < -0.3 is 0 Å². The van der Waals surface area contributed by atoms with Gasteiger partial charge in [0.2, 0.25) is 0 Å². The predicted molar refractivity (Wildman–Crippen MR) is 92.0 cm³/mol. The molecule has 0 N–H and O–H groups in total. The molecule has 0 radical (unpaired) electrons. The van der Waals surface area contributed by atoms with Gasteiger partial charge in [-0.2, -0.15) is 0 Å². The van der Waals surface area contributed by atoms with E-state index in [0.717, 1.165) is 6.42 Å². The van der Waals surface area contributed by atoms with Crippen molar-refractivity contribution in [1.82, 2.24) is 0 Å². The Labute approximate surface area is 130 Å². The van der Waals surface area contributed by atoms with Crippen LogP contribution in [0.25, 0.3) is 17.2 Å². The molecule has 0 fully saturated rings. The molecule has 0 saturated carbocycles. The van der Waals surface area contributed by atoms with Crippen molar-refractivity contribution in [3.8, 4) is 11.1 Å². The summed E-state index contributed by atoms with van der Waals surface area (Å²) in [6, 6.07) is 24.5. The molecular weight excluding hydrogens is 264 g/mol. The van der Waals surface area contributed by atoms with Crippen molar-refractivity contribution in [2.45, 2.75) is 12.3 Å². The molecule has 3 aromatic rings. The summed E-state index contributed by atoms with van der Waals surface area (Å²) in [4.78, 5) is 0. The fraction of sp³-hybridized carbons (Fsp3) is 0.0909. The van der Waals surface area contributed by atoms with Gasteiger partial charge in [0.25, 0.3) is 0 Å². The van der Waals surface area contributed by atoms with E-state index in [9.17, 15) is 0 Å². The van der Waals surface area contributed by atoms with Gasteiger partial charge in [-0.05, 0) is 45.4 Å². The fourth-order valence-electron chi connectivity index (χ4n) is 4.06. The van der Waals surface area contributed by atoms with Crippen LogP contribution in [0.1, 0.15) is 33.7 Å². The second-order valence-corrected chi connectivity index (χ2v) is 6.13. The SMILES string of the molecule is C1=Cc2c(cccc2C2c3ccccc3-c3ccccc32)C1. The number of rotatable bonds is 1. The highest BCUT2D eigenvalue weighted by molar-refractivity contribution is 5.82. The summed E-state index contributed by atoms with van der Waals surface area (Å²) in [5.74, 6) is 0.366. The van der Waals surface area contributed by atoms with Gasteiger partial charge in [0.15, 0.2) is 0 Å². The van der Waals surface area contributed by atoms with Crippen molar-refractivity contribution < 1.29 is 0 Å². The first-order valence-electron chi connectivity index (χ1n) is 7.90. The van der Waals surface area contributed by atoms with E-state index in [1.807, 2.05) is 0 Å². The molecule has 2 aliphatic rings. The molecule has 0 aromatic heterocycles. The molecule has 5 rings (SSSR count). The molecule has 0 atom stereocenters. The zero-order chi connectivity index (χ0) is 14.5. The fourth-order valence-corrected chi connectivity index (χ4v) is 4.06. The molecule has 0 nitrogen and oxygen atoms in total. The molecule has 0 heteroatoms. The van der Waals surface area contributed by atoms with Gasteiger partial charge in [-0.1, -0.05) is 78.9 Å². The van der Waals surface area contributed by atoms with Crippen LogP contribution >= 0.6 is 0 Å². The van der Waals surface area contributed by atoms with Crippen LogP contribution in [-0.2, 0) is 6.42 Å². The van der Waals surface area contributed by atoms with E-state index >= 15 is 0 Å². The number of fused-ring (bicyclic) bond motifs is 4. The zero-order valence-corrected chi connectivity index (χ0v) is 12.3. The molecule has 0 unspecified atom stereocenters. The van der Waals surface area contributed by atoms with Crippen molar-refractivity contribution in [2.24, 2.45) is 0 Å². The molecule has 104 valence electrons. The summed E-state index contributed by atoms with van der Waals surface area (Å²) in [5.41, 5.74) is 10.0. The monoisotopic (exact) mass is 280 g/mol. The third-order valence-corrected chi connectivity index (χ3v) is 5.00. The molecule has 2 aliphatic carbocycles. The normalized spacial score (nSPS) is 14.7. The van der Waals surface area contributed by atoms with Gasteiger partial charge >= 0.3 is 0 Å². The van der Waals surface area contributed by atoms with Crippen LogP contribution in [0.4, 0.5) is 0 Å². The minimum absolute atomic E-state index is 0.366. The van der Waals surface area contributed by atoms with Gasteiger partial charge in [0, 0.05) is 5.92 Å². The summed E-state index contributed by atoms with van der Waals surface area (Å²) in [5, 5.41) is 0. The Morgan fingerprint density at radius 2 is 1.27 bits per heavy atom. The van der Waals surface area contributed by atoms with E-state index < -0.39 is 0 Å². The van der Waals surface area contributed by atoms with E-state index in [1.165, 1.54) is 38.9 Å². The third-order valence-electron chi connectivity index (χ3n) is 5.00. The molecule has 0 saturated heterocycles. The quantitative estimate of drug-likeness (QED) is 0.437. The maximum Gasteiger partial charge on any atom is 0.0358 e. The Kier molecular flexibility index (Phi) is 2.42. The minimum Gasteiger partial charge on any atom is -0.0795 e. The van der Waals surface area contributed by atoms with Crippen molar-refractivity contribution in [3.63, 3.8) is 0 Å². The van der Waals surface area contributed by atoms with Crippen LogP contribution in [0.2, 0.25) is 0 Å². The molecule has 0 aliphatic heterocycles. The van der Waals surface area contributed by atoms with E-state index in [0.29, 0.717) is 5.92 Å². The Bertz CT molecular complexity index is 869. The van der Waals surface area contributed by atoms with Crippen LogP contribution in [0.15, 0.2) is 72.8 Å². The zero-order valence-electron chi connectivity index (χ0n) is 12.3. The van der Waals surface area contributed by atoms with Gasteiger partial charge in [0.1, 0.15) is 0 Å². The average Bonchev–Trinajstić information content (AvgIpc) is 3.17. The lowest BCUT2D eigenvalue weighted by Crippen LogP contribution is -2.02. The van der Waals surface area contributed by atoms with Gasteiger partial charge in [-0.3, -0.25) is 0 Å². The van der Waals surface area contributed by atoms with E-state index in [-0.39, 0.29) is 0 Å². The maximum absolute atomic E-state index is 2.30. The minimum atomic E-state index is 0.366. The second kappa shape index (κ2) is 4.45. The summed E-state index contributed by atoms with van der Waals surface area (Å²) >= 11 is 0. The largest absolute Gasteiger partial charge is 0.0795 e. The molecule has 0 spiro atoms. The molecular formula is C22H16. The van der Waals surface area contributed by atoms with Crippen molar-refractivity contribution in [3.05, 3.63) is 101 Å². The first-order valence-corrected chi connectivity index (χ1v) is 7.90. The molecule has 3 aromatic carbocycles. The number of hydrogen-bond donors (Lipinski definition) is 0. The summed E-state index contributed by atoms with van der Waals surface area (Å²) < 4.78 is 0. The predicted octanol–water partition coefficient (Wildman–Crippen LogP) is 5.42. The third kappa shape index (κ3) is 1.52. The summed E-state index contributed by atoms with van der Waals surface area (Å²) in [6.07, 6.45) is 5.65. The van der Waals surface area contributed by atoms with Gasteiger partial charge in [-0.15, -0.1) is 0 Å². The van der Waals surface area contributed by atoms with Gasteiger partial charge in [-0.25, -0.2) is 0 Å². The van der Waals surface area contributed by atoms with Crippen molar-refractivity contribution in [1.29, 1.82) is 0 Å². The standard InChI is InChI=1S/C22H16/c1-3-11-20-17(9-1)18-10-2-4-12-21(18)22(20)19-14-6-8-15-7-5-13-16(15)19/h1-6,8-14,22H,7H2. The van der Waals surface area contributed by atoms with Crippen LogP contribution < -0.4 is 0 Å². The van der Waals surface area contributed by atoms with Crippen molar-refractivity contribution in [2.75, 3.05) is 0 Å². The molecule has 22 heavy (non-hydrogen) atoms. The summed E-state index contributed by atoms with van der Waals surface area (Å²) in [7, 11) is 0. The van der Waals surface area contributed by atoms with Crippen LogP contribution in [0.5, 0.6) is 0 Å². The number of allylic oxidation sites excluding steroid dienone is 1. The Morgan fingerprint density at radius 1 is 0.636 bits per heavy atom. The highest BCUT2D eigenvalue weighted by atomic mass is 14.3. The van der Waals surface area contributed by atoms with E-state index in [4.69, 9.17) is 0 Å². The second-order valence-electron chi connectivity index (χ2n) is 6.13. The molecule has 0 amide bonds. The Morgan fingerprint density at radius 3 is 2.00 bits per heavy atom. The lowest BCUT2D eigenvalue weighted by atomic mass is 9.85. The Hall–Kier alpha value is -2.60. The first-order chi connectivity index (χ1) is 10.9. The van der Waals surface area contributed by atoms with Crippen LogP contribution in [-0.4, -0.2) is 0 Å². The highest BCUT2D eigenvalue weighted by Crippen LogP contribution is 2.49. The number of benzene rings is 3. The Balaban J connectivity index is 1.83. The van der Waals surface area contributed by atoms with Crippen LogP contribution in [0.3, 0.4) is 0 Å². The first kappa shape index (κ1) is 12.0.